The van der Waals surface area contributed by atoms with Crippen molar-refractivity contribution in [3.63, 3.8) is 0 Å². The van der Waals surface area contributed by atoms with Crippen LogP contribution in [0.2, 0.25) is 0 Å². The molecule has 0 unspecified atom stereocenters. The smallest absolute Gasteiger partial charge is 0.334 e. The predicted octanol–water partition coefficient (Wildman–Crippen LogP) is 11.8. The molecule has 0 saturated carbocycles. The summed E-state index contributed by atoms with van der Waals surface area (Å²) in [5, 5.41) is 9.13. The normalized spacial score (nSPS) is 11.5. The van der Waals surface area contributed by atoms with Gasteiger partial charge in [0.05, 0.1) is 13.1 Å². The molecule has 6 heteroatoms. The summed E-state index contributed by atoms with van der Waals surface area (Å²) < 4.78 is 0. The first-order valence-corrected chi connectivity index (χ1v) is 18.2. The highest BCUT2D eigenvalue weighted by atomic mass is 32.2. The van der Waals surface area contributed by atoms with Crippen LogP contribution in [0.25, 0.3) is 20.8 Å². The molecule has 4 aromatic carbocycles. The number of unbranched alkanes of at least 4 members (excludes halogenated alkanes) is 7. The average Bonchev–Trinajstić information content (AvgIpc) is 3.14. The van der Waals surface area contributed by atoms with Crippen molar-refractivity contribution in [2.24, 2.45) is 0 Å². The number of benzene rings is 4. The number of aliphatic carboxylic acids is 1. The maximum absolute atomic E-state index is 12.9. The van der Waals surface area contributed by atoms with E-state index in [4.69, 9.17) is 13.1 Å². The zero-order valence-electron chi connectivity index (χ0n) is 29.3. The summed E-state index contributed by atoms with van der Waals surface area (Å²) in [6.45, 7) is 21.1. The van der Waals surface area contributed by atoms with Crippen molar-refractivity contribution in [2.75, 3.05) is 5.75 Å². The Balaban J connectivity index is 0.000000292. The minimum Gasteiger partial charge on any atom is -0.486 e. The van der Waals surface area contributed by atoms with Gasteiger partial charge in [0.2, 0.25) is 10.8 Å². The molecule has 0 saturated heterocycles. The highest BCUT2D eigenvalue weighted by molar-refractivity contribution is 8.14. The molecule has 0 fully saturated rings. The maximum Gasteiger partial charge on any atom is 0.334 e. The van der Waals surface area contributed by atoms with E-state index in [9.17, 15) is 14.7 Å². The lowest BCUT2D eigenvalue weighted by Gasteiger charge is -2.12. The zero-order chi connectivity index (χ0) is 36.1. The van der Waals surface area contributed by atoms with Gasteiger partial charge in [-0.15, -0.1) is 0 Å². The second-order valence-electron chi connectivity index (χ2n) is 12.1. The van der Waals surface area contributed by atoms with E-state index in [1.807, 2.05) is 123 Å². The lowest BCUT2D eigenvalue weighted by Crippen LogP contribution is -2.02. The minimum absolute atomic E-state index is 0.118. The van der Waals surface area contributed by atoms with Crippen molar-refractivity contribution >= 4 is 34.0 Å². The quantitative estimate of drug-likeness (QED) is 0.0770. The van der Waals surface area contributed by atoms with Crippen molar-refractivity contribution in [2.45, 2.75) is 72.1 Å². The molecule has 50 heavy (non-hydrogen) atoms. The number of aryl methyl sites for hydroxylation is 2. The first kappa shape index (κ1) is 39.3. The molecule has 0 spiro atoms. The van der Waals surface area contributed by atoms with Crippen molar-refractivity contribution in [3.05, 3.63) is 177 Å². The van der Waals surface area contributed by atoms with Gasteiger partial charge in [0, 0.05) is 5.57 Å². The molecule has 0 aliphatic rings. The SMILES string of the molecule is [C-]#[N+]/C(C(=O)O)=C(/c1ccccc1)c1ccc(C)cc1.[C-]#[N+]/C(C(=O)SCCCCCCCCCC)=C(/c1ccccc1)c1ccc(C)cc1. The van der Waals surface area contributed by atoms with Crippen LogP contribution in [0.5, 0.6) is 0 Å². The van der Waals surface area contributed by atoms with Crippen LogP contribution >= 0.6 is 11.8 Å². The third kappa shape index (κ3) is 12.4. The summed E-state index contributed by atoms with van der Waals surface area (Å²) in [5.74, 6) is -0.428. The largest absolute Gasteiger partial charge is 0.486 e. The Labute approximate surface area is 302 Å². The van der Waals surface area contributed by atoms with E-state index in [0.717, 1.165) is 57.5 Å². The molecule has 0 atom stereocenters. The van der Waals surface area contributed by atoms with E-state index in [2.05, 4.69) is 16.6 Å². The van der Waals surface area contributed by atoms with E-state index >= 15 is 0 Å². The topological polar surface area (TPSA) is 63.1 Å². The van der Waals surface area contributed by atoms with Gasteiger partial charge < -0.3 is 5.11 Å². The van der Waals surface area contributed by atoms with E-state index in [0.29, 0.717) is 5.57 Å². The molecule has 1 N–H and O–H groups in total. The van der Waals surface area contributed by atoms with Crippen LogP contribution in [0.1, 0.15) is 91.7 Å². The standard InChI is InChI=1S/C27H33NOS.C17H13NO2/c1-4-5-6-7-8-9-10-14-21-30-27(29)26(28-3)25(23-15-12-11-13-16-23)24-19-17-22(2)18-20-24;1-12-8-10-14(11-9-12)15(16(18-2)17(19)20)13-6-4-3-5-7-13/h11-13,15-20H,4-10,14,21H2,1-2H3;3-11H,1H3,(H,19,20)/b26-25-;16-15-. The average molecular weight is 683 g/mol. The molecule has 0 aliphatic heterocycles. The van der Waals surface area contributed by atoms with Gasteiger partial charge in [-0.1, -0.05) is 184 Å². The monoisotopic (exact) mass is 682 g/mol. The number of rotatable bonds is 15. The Hall–Kier alpha value is -5.17. The van der Waals surface area contributed by atoms with Crippen LogP contribution < -0.4 is 0 Å². The third-order valence-corrected chi connectivity index (χ3v) is 9.08. The third-order valence-electron chi connectivity index (χ3n) is 8.13. The summed E-state index contributed by atoms with van der Waals surface area (Å²) in [4.78, 5) is 31.1. The summed E-state index contributed by atoms with van der Waals surface area (Å²) in [5.41, 5.74) is 6.68. The van der Waals surface area contributed by atoms with E-state index in [-0.39, 0.29) is 16.5 Å². The molecule has 4 aromatic rings. The lowest BCUT2D eigenvalue weighted by molar-refractivity contribution is -0.132. The summed E-state index contributed by atoms with van der Waals surface area (Å²) in [7, 11) is 0. The Morgan fingerprint density at radius 3 is 1.34 bits per heavy atom. The van der Waals surface area contributed by atoms with Crippen LogP contribution in [0.15, 0.2) is 121 Å². The highest BCUT2D eigenvalue weighted by Crippen LogP contribution is 2.31. The van der Waals surface area contributed by atoms with Gasteiger partial charge in [-0.2, -0.15) is 0 Å². The van der Waals surface area contributed by atoms with Crippen molar-refractivity contribution in [1.29, 1.82) is 0 Å². The number of carbonyl (C=O) groups excluding carboxylic acids is 1. The van der Waals surface area contributed by atoms with Crippen molar-refractivity contribution < 1.29 is 14.7 Å². The number of hydrogen-bond acceptors (Lipinski definition) is 3. The van der Waals surface area contributed by atoms with Gasteiger partial charge in [-0.25, -0.2) is 9.69 Å². The van der Waals surface area contributed by atoms with Crippen LogP contribution in [0, 0.1) is 27.0 Å². The molecular weight excluding hydrogens is 637 g/mol. The number of carbonyl (C=O) groups is 2. The van der Waals surface area contributed by atoms with Gasteiger partial charge in [-0.3, -0.25) is 9.59 Å². The first-order chi connectivity index (χ1) is 24.3. The van der Waals surface area contributed by atoms with Crippen molar-refractivity contribution in [1.82, 2.24) is 0 Å². The van der Waals surface area contributed by atoms with Gasteiger partial charge in [-0.05, 0) is 53.8 Å². The summed E-state index contributed by atoms with van der Waals surface area (Å²) >= 11 is 1.29. The predicted molar refractivity (Wildman–Crippen MR) is 208 cm³/mol. The minimum atomic E-state index is -1.21. The Bertz CT molecular complexity index is 1810. The second kappa shape index (κ2) is 21.7. The Morgan fingerprint density at radius 1 is 0.560 bits per heavy atom. The molecule has 5 nitrogen and oxygen atoms in total. The maximum atomic E-state index is 12.9. The van der Waals surface area contributed by atoms with Gasteiger partial charge in [0.15, 0.2) is 0 Å². The molecule has 4 rings (SSSR count). The molecular formula is C44H46N2O3S. The van der Waals surface area contributed by atoms with E-state index < -0.39 is 5.97 Å². The molecule has 0 radical (unpaired) electrons. The highest BCUT2D eigenvalue weighted by Gasteiger charge is 2.20. The fourth-order valence-corrected chi connectivity index (χ4v) is 6.23. The van der Waals surface area contributed by atoms with Gasteiger partial charge in [0.25, 0.3) is 5.70 Å². The van der Waals surface area contributed by atoms with E-state index in [1.165, 1.54) is 50.3 Å². The molecule has 0 bridgehead atoms. The molecule has 0 aromatic heterocycles. The van der Waals surface area contributed by atoms with E-state index in [1.54, 1.807) is 0 Å². The van der Waals surface area contributed by atoms with Gasteiger partial charge >= 0.3 is 5.97 Å². The fourth-order valence-electron chi connectivity index (χ4n) is 5.41. The molecule has 0 heterocycles. The van der Waals surface area contributed by atoms with Crippen LogP contribution in [-0.4, -0.2) is 21.9 Å². The van der Waals surface area contributed by atoms with Crippen molar-refractivity contribution in [3.8, 4) is 0 Å². The lowest BCUT2D eigenvalue weighted by atomic mass is 9.95. The number of hydrogen-bond donors (Lipinski definition) is 1. The zero-order valence-corrected chi connectivity index (χ0v) is 30.1. The fraction of sp³-hybridized carbons (Fsp3) is 0.273. The molecule has 256 valence electrons. The molecule has 0 amide bonds. The number of carboxylic acids is 1. The van der Waals surface area contributed by atoms with Gasteiger partial charge in [0.1, 0.15) is 0 Å². The number of nitrogens with zero attached hydrogens (tertiary/aromatic N) is 2. The Morgan fingerprint density at radius 2 is 0.940 bits per heavy atom. The van der Waals surface area contributed by atoms with Crippen LogP contribution in [0.3, 0.4) is 0 Å². The second-order valence-corrected chi connectivity index (χ2v) is 13.1. The molecule has 0 aliphatic carbocycles. The van der Waals surface area contributed by atoms with Crippen LogP contribution in [0.4, 0.5) is 0 Å². The number of carboxylic acid groups (broad SMARTS) is 1. The van der Waals surface area contributed by atoms with Crippen LogP contribution in [-0.2, 0) is 9.59 Å². The Kier molecular flexibility index (Phi) is 17.1. The first-order valence-electron chi connectivity index (χ1n) is 17.2. The summed E-state index contributed by atoms with van der Waals surface area (Å²) in [6.07, 6.45) is 9.99. The number of thioether (sulfide) groups is 1. The summed E-state index contributed by atoms with van der Waals surface area (Å²) in [6, 6.07) is 34.4.